The van der Waals surface area contributed by atoms with Crippen molar-refractivity contribution in [3.8, 4) is 0 Å². The molecule has 0 radical (unpaired) electrons. The van der Waals surface area contributed by atoms with Gasteiger partial charge in [0.15, 0.2) is 0 Å². The lowest BCUT2D eigenvalue weighted by atomic mass is 10.1. The van der Waals surface area contributed by atoms with Crippen molar-refractivity contribution in [2.45, 2.75) is 19.8 Å². The Bertz CT molecular complexity index is 401. The molecule has 2 N–H and O–H groups in total. The minimum absolute atomic E-state index is 0.0331. The Morgan fingerprint density at radius 1 is 1.37 bits per heavy atom. The van der Waals surface area contributed by atoms with Gasteiger partial charge < -0.3 is 15.2 Å². The van der Waals surface area contributed by atoms with E-state index in [0.29, 0.717) is 12.0 Å². The number of nitrogens with one attached hydrogen (secondary N) is 1. The van der Waals surface area contributed by atoms with E-state index in [0.717, 1.165) is 13.0 Å². The molecule has 0 spiro atoms. The molecule has 0 amide bonds. The first-order valence-electron chi connectivity index (χ1n) is 6.46. The highest BCUT2D eigenvalue weighted by molar-refractivity contribution is 5.87. The van der Waals surface area contributed by atoms with Gasteiger partial charge in [-0.2, -0.15) is 0 Å². The minimum Gasteiger partial charge on any atom is -0.462 e. The summed E-state index contributed by atoms with van der Waals surface area (Å²) >= 11 is 0. The van der Waals surface area contributed by atoms with Crippen molar-refractivity contribution in [1.82, 2.24) is 5.32 Å². The van der Waals surface area contributed by atoms with Crippen LogP contribution < -0.4 is 5.32 Å². The number of carbonyl (C=O) groups is 1. The van der Waals surface area contributed by atoms with E-state index in [4.69, 9.17) is 9.84 Å². The molecule has 4 heteroatoms. The van der Waals surface area contributed by atoms with Gasteiger partial charge in [-0.25, -0.2) is 4.79 Å². The molecule has 0 unspecified atom stereocenters. The summed E-state index contributed by atoms with van der Waals surface area (Å²) in [4.78, 5) is 11.5. The second kappa shape index (κ2) is 9.16. The fourth-order valence-corrected chi connectivity index (χ4v) is 1.49. The Kier molecular flexibility index (Phi) is 7.35. The van der Waals surface area contributed by atoms with Crippen molar-refractivity contribution < 1.29 is 14.6 Å². The van der Waals surface area contributed by atoms with Crippen LogP contribution >= 0.6 is 0 Å². The lowest BCUT2D eigenvalue weighted by molar-refractivity contribution is -0.139. The maximum Gasteiger partial charge on any atom is 0.335 e. The van der Waals surface area contributed by atoms with E-state index in [1.807, 2.05) is 18.2 Å². The summed E-state index contributed by atoms with van der Waals surface area (Å²) in [5, 5.41) is 11.7. The number of esters is 1. The van der Waals surface area contributed by atoms with Crippen molar-refractivity contribution in [3.05, 3.63) is 47.7 Å². The molecule has 0 saturated heterocycles. The lowest BCUT2D eigenvalue weighted by Crippen LogP contribution is -2.14. The number of aliphatic hydroxyl groups is 1. The molecular weight excluding hydrogens is 242 g/mol. The molecule has 0 aliphatic rings. The number of ether oxygens (including phenoxy) is 1. The van der Waals surface area contributed by atoms with Gasteiger partial charge in [-0.15, -0.1) is 0 Å². The van der Waals surface area contributed by atoms with Crippen molar-refractivity contribution in [1.29, 1.82) is 0 Å². The highest BCUT2D eigenvalue weighted by atomic mass is 16.5. The van der Waals surface area contributed by atoms with E-state index < -0.39 is 0 Å². The van der Waals surface area contributed by atoms with Crippen LogP contribution in [0.15, 0.2) is 42.1 Å². The van der Waals surface area contributed by atoms with Gasteiger partial charge in [0.1, 0.15) is 0 Å². The summed E-state index contributed by atoms with van der Waals surface area (Å²) in [5.74, 6) is -0.347. The highest BCUT2D eigenvalue weighted by Gasteiger charge is 2.04. The van der Waals surface area contributed by atoms with E-state index in [1.54, 1.807) is 13.1 Å². The third-order valence-corrected chi connectivity index (χ3v) is 2.58. The van der Waals surface area contributed by atoms with Crippen molar-refractivity contribution in [2.24, 2.45) is 0 Å². The quantitative estimate of drug-likeness (QED) is 0.425. The predicted molar refractivity (Wildman–Crippen MR) is 74.6 cm³/mol. The van der Waals surface area contributed by atoms with Gasteiger partial charge in [0, 0.05) is 31.3 Å². The molecule has 19 heavy (non-hydrogen) atoms. The van der Waals surface area contributed by atoms with E-state index >= 15 is 0 Å². The average Bonchev–Trinajstić information content (AvgIpc) is 2.44. The first-order chi connectivity index (χ1) is 9.24. The summed E-state index contributed by atoms with van der Waals surface area (Å²) in [5.41, 5.74) is 1.79. The van der Waals surface area contributed by atoms with Gasteiger partial charge in [0.25, 0.3) is 0 Å². The summed E-state index contributed by atoms with van der Waals surface area (Å²) in [6, 6.07) is 10.1. The van der Waals surface area contributed by atoms with Crippen LogP contribution in [0, 0.1) is 0 Å². The molecule has 4 nitrogen and oxygen atoms in total. The van der Waals surface area contributed by atoms with Gasteiger partial charge in [-0.05, 0) is 18.9 Å². The van der Waals surface area contributed by atoms with Gasteiger partial charge in [-0.3, -0.25) is 0 Å². The molecule has 0 atom stereocenters. The summed E-state index contributed by atoms with van der Waals surface area (Å²) in [6.07, 6.45) is 3.05. The zero-order valence-corrected chi connectivity index (χ0v) is 11.3. The second-order valence-corrected chi connectivity index (χ2v) is 4.23. The molecule has 0 aliphatic carbocycles. The topological polar surface area (TPSA) is 58.6 Å². The molecule has 104 valence electrons. The van der Waals surface area contributed by atoms with Crippen molar-refractivity contribution in [3.63, 3.8) is 0 Å². The fourth-order valence-electron chi connectivity index (χ4n) is 1.49. The molecule has 1 aromatic rings. The molecule has 1 rings (SSSR count). The monoisotopic (exact) mass is 263 g/mol. The highest BCUT2D eigenvalue weighted by Crippen LogP contribution is 1.99. The number of aliphatic hydroxyl groups excluding tert-OH is 1. The van der Waals surface area contributed by atoms with Crippen molar-refractivity contribution in [2.75, 3.05) is 19.8 Å². The maximum atomic E-state index is 11.5. The van der Waals surface area contributed by atoms with Crippen LogP contribution in [0.25, 0.3) is 0 Å². The van der Waals surface area contributed by atoms with E-state index in [2.05, 4.69) is 17.4 Å². The number of hydrogen-bond donors (Lipinski definition) is 2. The van der Waals surface area contributed by atoms with Gasteiger partial charge in [-0.1, -0.05) is 30.3 Å². The van der Waals surface area contributed by atoms with E-state index in [9.17, 15) is 4.79 Å². The number of benzene rings is 1. The third kappa shape index (κ3) is 6.62. The van der Waals surface area contributed by atoms with Crippen LogP contribution in [-0.2, 0) is 16.0 Å². The SMILES string of the molecule is CC(=CNCCc1ccccc1)C(=O)OCCCO. The smallest absolute Gasteiger partial charge is 0.335 e. The zero-order valence-electron chi connectivity index (χ0n) is 11.3. The summed E-state index contributed by atoms with van der Waals surface area (Å²) in [7, 11) is 0. The second-order valence-electron chi connectivity index (χ2n) is 4.23. The Hall–Kier alpha value is -1.81. The van der Waals surface area contributed by atoms with Crippen LogP contribution in [0.2, 0.25) is 0 Å². The van der Waals surface area contributed by atoms with Crippen molar-refractivity contribution >= 4 is 5.97 Å². The zero-order chi connectivity index (χ0) is 13.9. The molecule has 0 fully saturated rings. The molecular formula is C15H21NO3. The molecule has 0 saturated carbocycles. The Morgan fingerprint density at radius 2 is 2.11 bits per heavy atom. The molecule has 0 heterocycles. The normalized spacial score (nSPS) is 11.2. The Labute approximate surface area is 114 Å². The standard InChI is InChI=1S/C15H21NO3/c1-13(15(18)19-11-5-10-17)12-16-9-8-14-6-3-2-4-7-14/h2-4,6-7,12,16-17H,5,8-11H2,1H3. The first kappa shape index (κ1) is 15.2. The largest absolute Gasteiger partial charge is 0.462 e. The van der Waals surface area contributed by atoms with Gasteiger partial charge in [0.05, 0.1) is 6.61 Å². The summed E-state index contributed by atoms with van der Waals surface area (Å²) < 4.78 is 4.95. The summed E-state index contributed by atoms with van der Waals surface area (Å²) in [6.45, 7) is 2.76. The predicted octanol–water partition coefficient (Wildman–Crippen LogP) is 1.65. The van der Waals surface area contributed by atoms with Crippen LogP contribution in [0.4, 0.5) is 0 Å². The maximum absolute atomic E-state index is 11.5. The number of carbonyl (C=O) groups excluding carboxylic acids is 1. The molecule has 0 aliphatic heterocycles. The molecule has 0 bridgehead atoms. The van der Waals surface area contributed by atoms with E-state index in [1.165, 1.54) is 5.56 Å². The van der Waals surface area contributed by atoms with E-state index in [-0.39, 0.29) is 19.2 Å². The van der Waals surface area contributed by atoms with Crippen LogP contribution in [0.3, 0.4) is 0 Å². The number of rotatable bonds is 8. The average molecular weight is 263 g/mol. The third-order valence-electron chi connectivity index (χ3n) is 2.58. The van der Waals surface area contributed by atoms with Gasteiger partial charge >= 0.3 is 5.97 Å². The Morgan fingerprint density at radius 3 is 2.79 bits per heavy atom. The molecule has 1 aromatic carbocycles. The minimum atomic E-state index is -0.347. The van der Waals surface area contributed by atoms with Crippen LogP contribution in [0.1, 0.15) is 18.9 Å². The van der Waals surface area contributed by atoms with Gasteiger partial charge in [0.2, 0.25) is 0 Å². The lowest BCUT2D eigenvalue weighted by Gasteiger charge is -2.05. The van der Waals surface area contributed by atoms with Crippen LogP contribution in [-0.4, -0.2) is 30.8 Å². The molecule has 0 aromatic heterocycles. The number of hydrogen-bond acceptors (Lipinski definition) is 4. The fraction of sp³-hybridized carbons (Fsp3) is 0.400. The first-order valence-corrected chi connectivity index (χ1v) is 6.46. The van der Waals surface area contributed by atoms with Crippen LogP contribution in [0.5, 0.6) is 0 Å². The Balaban J connectivity index is 2.22.